The predicted molar refractivity (Wildman–Crippen MR) is 83.7 cm³/mol. The maximum atomic E-state index is 11.3. The number of aromatic nitrogens is 1. The van der Waals surface area contributed by atoms with Gasteiger partial charge in [-0.15, -0.1) is 0 Å². The van der Waals surface area contributed by atoms with Gasteiger partial charge in [0.1, 0.15) is 5.75 Å². The first-order valence-electron chi connectivity index (χ1n) is 7.59. The van der Waals surface area contributed by atoms with Crippen molar-refractivity contribution >= 4 is 16.8 Å². The topological polar surface area (TPSA) is 54.1 Å². The Morgan fingerprint density at radius 2 is 2.24 bits per heavy atom. The van der Waals surface area contributed by atoms with Gasteiger partial charge in [0.05, 0.1) is 7.11 Å². The zero-order valence-corrected chi connectivity index (χ0v) is 12.6. The third-order valence-corrected chi connectivity index (χ3v) is 4.44. The molecule has 0 aliphatic heterocycles. The lowest BCUT2D eigenvalue weighted by Gasteiger charge is -2.29. The monoisotopic (exact) mass is 286 g/mol. The van der Waals surface area contributed by atoms with Crippen LogP contribution in [0.2, 0.25) is 0 Å². The van der Waals surface area contributed by atoms with E-state index in [1.165, 1.54) is 17.4 Å². The minimum absolute atomic E-state index is 0.0706. The Balaban J connectivity index is 1.87. The Bertz CT molecular complexity index is 647. The Labute approximate surface area is 124 Å². The number of hydrogen-bond donors (Lipinski definition) is 2. The van der Waals surface area contributed by atoms with Gasteiger partial charge in [-0.1, -0.05) is 6.42 Å². The molecule has 3 rings (SSSR count). The summed E-state index contributed by atoms with van der Waals surface area (Å²) >= 11 is 0. The summed E-state index contributed by atoms with van der Waals surface area (Å²) in [6, 6.07) is 6.44. The van der Waals surface area contributed by atoms with Gasteiger partial charge in [0, 0.05) is 30.1 Å². The predicted octanol–water partition coefficient (Wildman–Crippen LogP) is 3.34. The summed E-state index contributed by atoms with van der Waals surface area (Å²) in [6.45, 7) is 1.60. The number of methoxy groups -OCH3 is 1. The fraction of sp³-hybridized carbons (Fsp3) is 0.471. The van der Waals surface area contributed by atoms with Crippen molar-refractivity contribution in [3.8, 4) is 5.75 Å². The third-order valence-electron chi connectivity index (χ3n) is 4.44. The largest absolute Gasteiger partial charge is 0.497 e. The second kappa shape index (κ2) is 5.80. The molecule has 2 N–H and O–H groups in total. The number of aromatic amines is 1. The summed E-state index contributed by atoms with van der Waals surface area (Å²) in [7, 11) is 1.70. The fourth-order valence-electron chi connectivity index (χ4n) is 3.48. The molecule has 2 atom stereocenters. The van der Waals surface area contributed by atoms with Crippen molar-refractivity contribution in [2.45, 2.75) is 44.6 Å². The van der Waals surface area contributed by atoms with Gasteiger partial charge in [0.15, 0.2) is 0 Å². The first-order chi connectivity index (χ1) is 10.2. The van der Waals surface area contributed by atoms with E-state index in [0.717, 1.165) is 30.5 Å². The van der Waals surface area contributed by atoms with Gasteiger partial charge in [-0.3, -0.25) is 4.79 Å². The van der Waals surface area contributed by atoms with Crippen molar-refractivity contribution in [2.24, 2.45) is 0 Å². The fourth-order valence-corrected chi connectivity index (χ4v) is 3.48. The minimum atomic E-state index is 0.0706. The average molecular weight is 286 g/mol. The summed E-state index contributed by atoms with van der Waals surface area (Å²) in [6.07, 6.45) is 6.56. The molecule has 112 valence electrons. The van der Waals surface area contributed by atoms with Crippen molar-refractivity contribution in [2.75, 3.05) is 7.11 Å². The number of amides is 1. The van der Waals surface area contributed by atoms with E-state index >= 15 is 0 Å². The van der Waals surface area contributed by atoms with Crippen molar-refractivity contribution in [1.29, 1.82) is 0 Å². The van der Waals surface area contributed by atoms with E-state index < -0.39 is 0 Å². The summed E-state index contributed by atoms with van der Waals surface area (Å²) in [5.74, 6) is 1.45. The number of carbonyl (C=O) groups excluding carboxylic acids is 1. The summed E-state index contributed by atoms with van der Waals surface area (Å²) < 4.78 is 5.34. The highest BCUT2D eigenvalue weighted by atomic mass is 16.5. The van der Waals surface area contributed by atoms with Gasteiger partial charge in [-0.2, -0.15) is 0 Å². The van der Waals surface area contributed by atoms with Gasteiger partial charge in [0.2, 0.25) is 5.91 Å². The number of benzene rings is 1. The molecule has 0 radical (unpaired) electrons. The average Bonchev–Trinajstić information content (AvgIpc) is 2.89. The first-order valence-corrected chi connectivity index (χ1v) is 7.59. The van der Waals surface area contributed by atoms with E-state index in [0.29, 0.717) is 12.0 Å². The molecule has 0 bridgehead atoms. The van der Waals surface area contributed by atoms with E-state index in [9.17, 15) is 4.79 Å². The zero-order chi connectivity index (χ0) is 14.8. The Hall–Kier alpha value is -1.97. The molecule has 1 aromatic carbocycles. The van der Waals surface area contributed by atoms with E-state index in [1.54, 1.807) is 14.0 Å². The molecule has 2 aromatic rings. The third kappa shape index (κ3) is 2.89. The Morgan fingerprint density at radius 1 is 1.38 bits per heavy atom. The van der Waals surface area contributed by atoms with Crippen molar-refractivity contribution in [3.63, 3.8) is 0 Å². The standard InChI is InChI=1S/C17H22N2O2/c1-11(20)19-13-5-3-4-12(8-13)16-10-18-17-7-6-14(21-2)9-15(16)17/h6-7,9-10,12-13,18H,3-5,8H2,1-2H3,(H,19,20)/t12-,13+/m1/s1. The first kappa shape index (κ1) is 14.0. The van der Waals surface area contributed by atoms with E-state index in [1.807, 2.05) is 6.07 Å². The number of rotatable bonds is 3. The van der Waals surface area contributed by atoms with Gasteiger partial charge in [-0.25, -0.2) is 0 Å². The van der Waals surface area contributed by atoms with Crippen LogP contribution in [0.3, 0.4) is 0 Å². The van der Waals surface area contributed by atoms with Gasteiger partial charge in [-0.05, 0) is 48.9 Å². The van der Waals surface area contributed by atoms with Crippen LogP contribution in [-0.2, 0) is 4.79 Å². The van der Waals surface area contributed by atoms with Crippen LogP contribution in [0.25, 0.3) is 10.9 Å². The molecule has 1 aliphatic rings. The normalized spacial score (nSPS) is 22.2. The molecule has 0 saturated heterocycles. The second-order valence-corrected chi connectivity index (χ2v) is 5.92. The summed E-state index contributed by atoms with van der Waals surface area (Å²) in [5, 5.41) is 4.31. The number of nitrogens with one attached hydrogen (secondary N) is 2. The molecule has 0 unspecified atom stereocenters. The minimum Gasteiger partial charge on any atom is -0.497 e. The molecule has 1 amide bonds. The number of H-pyrrole nitrogens is 1. The molecule has 4 heteroatoms. The second-order valence-electron chi connectivity index (χ2n) is 5.92. The zero-order valence-electron chi connectivity index (χ0n) is 12.6. The summed E-state index contributed by atoms with van der Waals surface area (Å²) in [4.78, 5) is 14.6. The molecule has 0 spiro atoms. The smallest absolute Gasteiger partial charge is 0.217 e. The van der Waals surface area contributed by atoms with Crippen LogP contribution in [0.1, 0.15) is 44.1 Å². The maximum absolute atomic E-state index is 11.3. The maximum Gasteiger partial charge on any atom is 0.217 e. The molecule has 1 saturated carbocycles. The molecule has 4 nitrogen and oxygen atoms in total. The van der Waals surface area contributed by atoms with Crippen LogP contribution in [0, 0.1) is 0 Å². The molecule has 1 aromatic heterocycles. The lowest BCUT2D eigenvalue weighted by Crippen LogP contribution is -2.36. The van der Waals surface area contributed by atoms with E-state index in [-0.39, 0.29) is 5.91 Å². The molecule has 21 heavy (non-hydrogen) atoms. The Morgan fingerprint density at radius 3 is 3.00 bits per heavy atom. The number of hydrogen-bond acceptors (Lipinski definition) is 2. The van der Waals surface area contributed by atoms with Crippen molar-refractivity contribution < 1.29 is 9.53 Å². The van der Waals surface area contributed by atoms with Crippen LogP contribution >= 0.6 is 0 Å². The molecule has 1 heterocycles. The van der Waals surface area contributed by atoms with Crippen molar-refractivity contribution in [1.82, 2.24) is 10.3 Å². The summed E-state index contributed by atoms with van der Waals surface area (Å²) in [5.41, 5.74) is 2.49. The quantitative estimate of drug-likeness (QED) is 0.909. The molecule has 1 fully saturated rings. The lowest BCUT2D eigenvalue weighted by atomic mass is 9.81. The molecular formula is C17H22N2O2. The van der Waals surface area contributed by atoms with Gasteiger partial charge < -0.3 is 15.0 Å². The highest BCUT2D eigenvalue weighted by Crippen LogP contribution is 2.37. The van der Waals surface area contributed by atoms with Crippen LogP contribution in [0.15, 0.2) is 24.4 Å². The van der Waals surface area contributed by atoms with Crippen LogP contribution < -0.4 is 10.1 Å². The highest BCUT2D eigenvalue weighted by molar-refractivity contribution is 5.85. The number of ether oxygens (including phenoxy) is 1. The highest BCUT2D eigenvalue weighted by Gasteiger charge is 2.25. The van der Waals surface area contributed by atoms with Crippen LogP contribution in [0.4, 0.5) is 0 Å². The molecule has 1 aliphatic carbocycles. The lowest BCUT2D eigenvalue weighted by molar-refractivity contribution is -0.119. The van der Waals surface area contributed by atoms with Crippen LogP contribution in [-0.4, -0.2) is 24.0 Å². The Kier molecular flexibility index (Phi) is 3.86. The van der Waals surface area contributed by atoms with Gasteiger partial charge in [0.25, 0.3) is 0 Å². The van der Waals surface area contributed by atoms with E-state index in [4.69, 9.17) is 4.74 Å². The molecular weight excluding hydrogens is 264 g/mol. The SMILES string of the molecule is COc1ccc2[nH]cc([C@@H]3CCC[C@H](NC(C)=O)C3)c2c1. The van der Waals surface area contributed by atoms with E-state index in [2.05, 4.69) is 28.6 Å². The van der Waals surface area contributed by atoms with Crippen LogP contribution in [0.5, 0.6) is 5.75 Å². The van der Waals surface area contributed by atoms with Gasteiger partial charge >= 0.3 is 0 Å². The number of carbonyl (C=O) groups is 1. The number of fused-ring (bicyclic) bond motifs is 1. The van der Waals surface area contributed by atoms with Crippen molar-refractivity contribution in [3.05, 3.63) is 30.0 Å².